The number of aliphatic carboxylic acids is 1. The number of ether oxygens (including phenoxy) is 1. The lowest BCUT2D eigenvalue weighted by molar-refractivity contribution is -0.873. The number of hydrogen-bond acceptors (Lipinski definition) is 4. The van der Waals surface area contributed by atoms with Crippen LogP contribution in [0.4, 0.5) is 0 Å². The molecular weight excluding hydrogens is 318 g/mol. The van der Waals surface area contributed by atoms with Gasteiger partial charge < -0.3 is 19.1 Å². The summed E-state index contributed by atoms with van der Waals surface area (Å²) in [6.07, 6.45) is 12.8. The summed E-state index contributed by atoms with van der Waals surface area (Å²) < 4.78 is 5.88. The van der Waals surface area contributed by atoms with Gasteiger partial charge in [-0.2, -0.15) is 0 Å². The van der Waals surface area contributed by atoms with Crippen molar-refractivity contribution in [3.8, 4) is 0 Å². The first kappa shape index (κ1) is 23.6. The number of hydrogen-bond donors (Lipinski definition) is 0. The maximum atomic E-state index is 11.9. The normalized spacial score (nSPS) is 13.1. The SMILES string of the molecule is CC/C=C/CCCCCCCCC(=O)OC(CC(=O)[O-])C[N+](C)(C)C. The van der Waals surface area contributed by atoms with E-state index >= 15 is 0 Å². The quantitative estimate of drug-likeness (QED) is 0.196. The van der Waals surface area contributed by atoms with E-state index in [-0.39, 0.29) is 12.4 Å². The lowest BCUT2D eigenvalue weighted by Crippen LogP contribution is -2.45. The summed E-state index contributed by atoms with van der Waals surface area (Å²) in [5.41, 5.74) is 0. The maximum absolute atomic E-state index is 11.9. The lowest BCUT2D eigenvalue weighted by Gasteiger charge is -2.29. The molecule has 0 N–H and O–H groups in total. The van der Waals surface area contributed by atoms with E-state index in [2.05, 4.69) is 19.1 Å². The maximum Gasteiger partial charge on any atom is 0.306 e. The van der Waals surface area contributed by atoms with Gasteiger partial charge in [0.2, 0.25) is 0 Å². The van der Waals surface area contributed by atoms with Crippen molar-refractivity contribution in [3.05, 3.63) is 12.2 Å². The van der Waals surface area contributed by atoms with Gasteiger partial charge in [-0.3, -0.25) is 4.79 Å². The van der Waals surface area contributed by atoms with Gasteiger partial charge in [0, 0.05) is 18.8 Å². The summed E-state index contributed by atoms with van der Waals surface area (Å²) in [5, 5.41) is 10.8. The molecule has 0 aromatic rings. The van der Waals surface area contributed by atoms with Gasteiger partial charge in [0.1, 0.15) is 6.54 Å². The number of carboxylic acid groups (broad SMARTS) is 1. The molecule has 0 rings (SSSR count). The lowest BCUT2D eigenvalue weighted by atomic mass is 10.1. The highest BCUT2D eigenvalue weighted by Gasteiger charge is 2.22. The van der Waals surface area contributed by atoms with Gasteiger partial charge in [-0.1, -0.05) is 44.8 Å². The molecular formula is C20H37NO4. The highest BCUT2D eigenvalue weighted by atomic mass is 16.5. The first-order valence-corrected chi connectivity index (χ1v) is 9.59. The summed E-state index contributed by atoms with van der Waals surface area (Å²) in [6, 6.07) is 0. The molecule has 0 bridgehead atoms. The molecule has 0 spiro atoms. The Morgan fingerprint density at radius 2 is 1.60 bits per heavy atom. The first-order chi connectivity index (χ1) is 11.7. The van der Waals surface area contributed by atoms with E-state index in [9.17, 15) is 14.7 Å². The second-order valence-electron chi connectivity index (χ2n) is 7.70. The Morgan fingerprint density at radius 3 is 2.16 bits per heavy atom. The molecule has 1 unspecified atom stereocenters. The fourth-order valence-electron chi connectivity index (χ4n) is 2.71. The van der Waals surface area contributed by atoms with Crippen molar-refractivity contribution in [2.75, 3.05) is 27.7 Å². The third kappa shape index (κ3) is 17.3. The number of nitrogens with zero attached hydrogens (tertiary/aromatic N) is 1. The standard InChI is InChI=1S/C20H37NO4/c1-5-6-7-8-9-10-11-12-13-14-15-20(24)25-18(16-19(22)23)17-21(2,3)4/h6-7,18H,5,8-17H2,1-4H3/b7-6+. The van der Waals surface area contributed by atoms with Gasteiger partial charge in [0.25, 0.3) is 0 Å². The van der Waals surface area contributed by atoms with E-state index in [0.29, 0.717) is 17.4 Å². The topological polar surface area (TPSA) is 66.4 Å². The average molecular weight is 356 g/mol. The van der Waals surface area contributed by atoms with Crippen LogP contribution >= 0.6 is 0 Å². The molecule has 0 saturated carbocycles. The third-order valence-corrected chi connectivity index (χ3v) is 3.85. The molecule has 0 amide bonds. The van der Waals surface area contributed by atoms with Gasteiger partial charge in [-0.05, 0) is 25.7 Å². The third-order valence-electron chi connectivity index (χ3n) is 3.85. The van der Waals surface area contributed by atoms with Gasteiger partial charge >= 0.3 is 5.97 Å². The number of quaternary nitrogens is 1. The molecule has 5 heteroatoms. The van der Waals surface area contributed by atoms with Crippen LogP contribution in [0.2, 0.25) is 0 Å². The molecule has 0 aromatic carbocycles. The zero-order chi connectivity index (χ0) is 19.1. The van der Waals surface area contributed by atoms with Crippen LogP contribution in [-0.4, -0.2) is 50.2 Å². The van der Waals surface area contributed by atoms with Crippen molar-refractivity contribution in [2.24, 2.45) is 0 Å². The van der Waals surface area contributed by atoms with Crippen LogP contribution in [0.25, 0.3) is 0 Å². The zero-order valence-corrected chi connectivity index (χ0v) is 16.6. The molecule has 0 heterocycles. The number of esters is 1. The Labute approximate surface area is 153 Å². The molecule has 146 valence electrons. The minimum Gasteiger partial charge on any atom is -0.550 e. The van der Waals surface area contributed by atoms with Crippen LogP contribution in [0.3, 0.4) is 0 Å². The van der Waals surface area contributed by atoms with Crippen LogP contribution < -0.4 is 5.11 Å². The van der Waals surface area contributed by atoms with Crippen molar-refractivity contribution in [1.29, 1.82) is 0 Å². The van der Waals surface area contributed by atoms with Crippen LogP contribution in [0, 0.1) is 0 Å². The van der Waals surface area contributed by atoms with E-state index in [1.54, 1.807) is 0 Å². The van der Waals surface area contributed by atoms with E-state index in [1.165, 1.54) is 19.3 Å². The minimum atomic E-state index is -1.18. The predicted octanol–water partition coefficient (Wildman–Crippen LogP) is 2.83. The highest BCUT2D eigenvalue weighted by Crippen LogP contribution is 2.11. The number of carbonyl (C=O) groups excluding carboxylic acids is 2. The Balaban J connectivity index is 3.82. The molecule has 0 aliphatic heterocycles. The number of carbonyl (C=O) groups is 2. The molecule has 0 aliphatic carbocycles. The van der Waals surface area contributed by atoms with Crippen LogP contribution in [0.1, 0.15) is 71.1 Å². The summed E-state index contributed by atoms with van der Waals surface area (Å²) in [6.45, 7) is 2.61. The molecule has 0 radical (unpaired) electrons. The Morgan fingerprint density at radius 1 is 1.00 bits per heavy atom. The van der Waals surface area contributed by atoms with E-state index in [0.717, 1.165) is 32.1 Å². The second-order valence-corrected chi connectivity index (χ2v) is 7.70. The monoisotopic (exact) mass is 355 g/mol. The Bertz CT molecular complexity index is 399. The fourth-order valence-corrected chi connectivity index (χ4v) is 2.71. The molecule has 1 atom stereocenters. The zero-order valence-electron chi connectivity index (χ0n) is 16.6. The summed E-state index contributed by atoms with van der Waals surface area (Å²) in [5.74, 6) is -1.48. The van der Waals surface area contributed by atoms with E-state index < -0.39 is 12.1 Å². The number of rotatable bonds is 15. The van der Waals surface area contributed by atoms with Crippen LogP contribution in [0.15, 0.2) is 12.2 Å². The molecule has 25 heavy (non-hydrogen) atoms. The van der Waals surface area contributed by atoms with E-state index in [4.69, 9.17) is 4.74 Å². The molecule has 0 aliphatic rings. The first-order valence-electron chi connectivity index (χ1n) is 9.59. The number of carboxylic acids is 1. The minimum absolute atomic E-state index is 0.242. The summed E-state index contributed by atoms with van der Waals surface area (Å²) in [7, 11) is 5.82. The van der Waals surface area contributed by atoms with Crippen molar-refractivity contribution >= 4 is 11.9 Å². The van der Waals surface area contributed by atoms with Crippen molar-refractivity contribution < 1.29 is 23.9 Å². The highest BCUT2D eigenvalue weighted by molar-refractivity contribution is 5.70. The van der Waals surface area contributed by atoms with Crippen molar-refractivity contribution in [1.82, 2.24) is 0 Å². The molecule has 0 saturated heterocycles. The molecule has 0 fully saturated rings. The molecule has 5 nitrogen and oxygen atoms in total. The number of unbranched alkanes of at least 4 members (excludes halogenated alkanes) is 6. The Hall–Kier alpha value is -1.36. The predicted molar refractivity (Wildman–Crippen MR) is 98.8 cm³/mol. The van der Waals surface area contributed by atoms with Crippen molar-refractivity contribution in [3.63, 3.8) is 0 Å². The second kappa shape index (κ2) is 13.9. The van der Waals surface area contributed by atoms with Crippen LogP contribution in [0.5, 0.6) is 0 Å². The van der Waals surface area contributed by atoms with Gasteiger partial charge in [-0.15, -0.1) is 0 Å². The van der Waals surface area contributed by atoms with Gasteiger partial charge in [0.05, 0.1) is 21.1 Å². The number of likely N-dealkylation sites (N-methyl/N-ethyl adjacent to an activating group) is 1. The van der Waals surface area contributed by atoms with Crippen LogP contribution in [-0.2, 0) is 14.3 Å². The largest absolute Gasteiger partial charge is 0.550 e. The number of allylic oxidation sites excluding steroid dienone is 2. The molecule has 0 aromatic heterocycles. The van der Waals surface area contributed by atoms with Gasteiger partial charge in [0.15, 0.2) is 6.10 Å². The van der Waals surface area contributed by atoms with Gasteiger partial charge in [-0.25, -0.2) is 0 Å². The van der Waals surface area contributed by atoms with Crippen molar-refractivity contribution in [2.45, 2.75) is 77.2 Å². The summed E-state index contributed by atoms with van der Waals surface area (Å²) >= 11 is 0. The fraction of sp³-hybridized carbons (Fsp3) is 0.800. The smallest absolute Gasteiger partial charge is 0.306 e. The average Bonchev–Trinajstić information content (AvgIpc) is 2.46. The summed E-state index contributed by atoms with van der Waals surface area (Å²) in [4.78, 5) is 22.7. The van der Waals surface area contributed by atoms with E-state index in [1.807, 2.05) is 21.1 Å². The Kier molecular flexibility index (Phi) is 13.1.